The first-order chi connectivity index (χ1) is 9.19. The van der Waals surface area contributed by atoms with Crippen LogP contribution in [0.25, 0.3) is 0 Å². The second kappa shape index (κ2) is 4.85. The maximum absolute atomic E-state index is 12.3. The monoisotopic (exact) mass is 261 g/mol. The number of aryl methyl sites for hydroxylation is 1. The first-order valence-electron chi connectivity index (χ1n) is 6.76. The van der Waals surface area contributed by atoms with Crippen LogP contribution in [0, 0.1) is 12.8 Å². The average Bonchev–Trinajstić information content (AvgIpc) is 2.76. The zero-order valence-corrected chi connectivity index (χ0v) is 11.3. The maximum atomic E-state index is 12.3. The topological polar surface area (TPSA) is 47.6 Å². The number of carbonyl (C=O) groups excluding carboxylic acids is 1. The summed E-state index contributed by atoms with van der Waals surface area (Å²) in [5.41, 5.74) is 1.67. The highest BCUT2D eigenvalue weighted by Gasteiger charge is 2.45. The number of rotatable bonds is 3. The Hall–Kier alpha value is -1.55. The largest absolute Gasteiger partial charge is 0.497 e. The molecule has 102 valence electrons. The van der Waals surface area contributed by atoms with Crippen molar-refractivity contribution in [3.8, 4) is 5.75 Å². The van der Waals surface area contributed by atoms with Gasteiger partial charge in [0.2, 0.25) is 0 Å². The predicted molar refractivity (Wildman–Crippen MR) is 71.4 cm³/mol. The minimum absolute atomic E-state index is 0.00973. The van der Waals surface area contributed by atoms with Crippen molar-refractivity contribution in [2.24, 2.45) is 5.92 Å². The van der Waals surface area contributed by atoms with Crippen LogP contribution in [0.5, 0.6) is 5.75 Å². The van der Waals surface area contributed by atoms with E-state index in [1.807, 2.05) is 25.1 Å². The lowest BCUT2D eigenvalue weighted by atomic mass is 9.76. The third-order valence-electron chi connectivity index (χ3n) is 4.26. The highest BCUT2D eigenvalue weighted by Crippen LogP contribution is 2.38. The summed E-state index contributed by atoms with van der Waals surface area (Å²) in [4.78, 5) is 12.3. The Labute approximate surface area is 113 Å². The van der Waals surface area contributed by atoms with Crippen molar-refractivity contribution in [3.05, 3.63) is 29.3 Å². The smallest absolute Gasteiger partial charge is 0.251 e. The molecule has 4 nitrogen and oxygen atoms in total. The van der Waals surface area contributed by atoms with E-state index in [-0.39, 0.29) is 11.9 Å². The van der Waals surface area contributed by atoms with Crippen molar-refractivity contribution >= 4 is 5.91 Å². The van der Waals surface area contributed by atoms with E-state index < -0.39 is 0 Å². The number of methoxy groups -OCH3 is 1. The molecule has 0 bridgehead atoms. The quantitative estimate of drug-likeness (QED) is 0.904. The Morgan fingerprint density at radius 1 is 1.47 bits per heavy atom. The fraction of sp³-hybridized carbons (Fsp3) is 0.533. The third kappa shape index (κ3) is 2.21. The van der Waals surface area contributed by atoms with Crippen LogP contribution in [0.15, 0.2) is 18.2 Å². The molecule has 1 aromatic rings. The summed E-state index contributed by atoms with van der Waals surface area (Å²) in [5.74, 6) is 1.31. The van der Waals surface area contributed by atoms with Gasteiger partial charge in [-0.2, -0.15) is 0 Å². The molecule has 0 spiro atoms. The number of carbonyl (C=O) groups is 1. The van der Waals surface area contributed by atoms with Crippen LogP contribution >= 0.6 is 0 Å². The van der Waals surface area contributed by atoms with Gasteiger partial charge < -0.3 is 14.8 Å². The molecule has 1 heterocycles. The van der Waals surface area contributed by atoms with Crippen LogP contribution in [0.3, 0.4) is 0 Å². The van der Waals surface area contributed by atoms with Crippen molar-refractivity contribution in [2.75, 3.05) is 13.7 Å². The van der Waals surface area contributed by atoms with Crippen molar-refractivity contribution < 1.29 is 14.3 Å². The van der Waals surface area contributed by atoms with Crippen LogP contribution in [0.4, 0.5) is 0 Å². The SMILES string of the molecule is COc1ccc(C(=O)N[C@H]2C[C@@H]3OCC[C@H]23)c(C)c1. The highest BCUT2D eigenvalue weighted by atomic mass is 16.5. The van der Waals surface area contributed by atoms with E-state index in [9.17, 15) is 4.79 Å². The van der Waals surface area contributed by atoms with Gasteiger partial charge in [-0.05, 0) is 43.5 Å². The summed E-state index contributed by atoms with van der Waals surface area (Å²) in [6.45, 7) is 2.77. The van der Waals surface area contributed by atoms with Crippen LogP contribution < -0.4 is 10.1 Å². The number of nitrogens with one attached hydrogen (secondary N) is 1. The number of amides is 1. The molecule has 0 radical (unpaired) electrons. The van der Waals surface area contributed by atoms with Crippen molar-refractivity contribution in [1.29, 1.82) is 0 Å². The second-order valence-electron chi connectivity index (χ2n) is 5.36. The van der Waals surface area contributed by atoms with Gasteiger partial charge in [-0.25, -0.2) is 0 Å². The van der Waals surface area contributed by atoms with Crippen LogP contribution in [-0.4, -0.2) is 31.8 Å². The number of benzene rings is 1. The fourth-order valence-electron chi connectivity index (χ4n) is 3.03. The van der Waals surface area contributed by atoms with Crippen molar-refractivity contribution in [2.45, 2.75) is 31.9 Å². The lowest BCUT2D eigenvalue weighted by Crippen LogP contribution is -2.53. The summed E-state index contributed by atoms with van der Waals surface area (Å²) in [7, 11) is 1.63. The third-order valence-corrected chi connectivity index (χ3v) is 4.26. The van der Waals surface area contributed by atoms with E-state index in [1.165, 1.54) is 0 Å². The molecule has 3 rings (SSSR count). The molecule has 4 heteroatoms. The highest BCUT2D eigenvalue weighted by molar-refractivity contribution is 5.96. The zero-order chi connectivity index (χ0) is 13.4. The van der Waals surface area contributed by atoms with E-state index >= 15 is 0 Å². The molecule has 2 aliphatic rings. The lowest BCUT2D eigenvalue weighted by molar-refractivity contribution is 0.00809. The van der Waals surface area contributed by atoms with Crippen molar-refractivity contribution in [1.82, 2.24) is 5.32 Å². The lowest BCUT2D eigenvalue weighted by Gasteiger charge is -2.39. The molecular weight excluding hydrogens is 242 g/mol. The van der Waals surface area contributed by atoms with Crippen LogP contribution in [-0.2, 0) is 4.74 Å². The van der Waals surface area contributed by atoms with Gasteiger partial charge in [-0.1, -0.05) is 0 Å². The molecule has 1 aliphatic heterocycles. The average molecular weight is 261 g/mol. The van der Waals surface area contributed by atoms with E-state index in [0.717, 1.165) is 36.3 Å². The summed E-state index contributed by atoms with van der Waals surface area (Å²) in [6, 6.07) is 5.81. The Morgan fingerprint density at radius 2 is 2.32 bits per heavy atom. The Bertz CT molecular complexity index is 500. The summed E-state index contributed by atoms with van der Waals surface area (Å²) in [5, 5.41) is 3.12. The van der Waals surface area contributed by atoms with Gasteiger partial charge in [0, 0.05) is 24.1 Å². The normalized spacial score (nSPS) is 28.4. The Morgan fingerprint density at radius 3 is 3.00 bits per heavy atom. The van der Waals surface area contributed by atoms with Gasteiger partial charge in [0.25, 0.3) is 5.91 Å². The maximum Gasteiger partial charge on any atom is 0.251 e. The molecule has 3 atom stereocenters. The molecule has 19 heavy (non-hydrogen) atoms. The Kier molecular flexibility index (Phi) is 3.19. The zero-order valence-electron chi connectivity index (χ0n) is 11.3. The van der Waals surface area contributed by atoms with Gasteiger partial charge in [-0.15, -0.1) is 0 Å². The molecule has 0 unspecified atom stereocenters. The first-order valence-corrected chi connectivity index (χ1v) is 6.76. The van der Waals surface area contributed by atoms with E-state index in [2.05, 4.69) is 5.32 Å². The molecule has 1 aliphatic carbocycles. The van der Waals surface area contributed by atoms with E-state index in [4.69, 9.17) is 9.47 Å². The minimum atomic E-state index is 0.00973. The van der Waals surface area contributed by atoms with Gasteiger partial charge in [0.1, 0.15) is 5.75 Å². The molecule has 2 fully saturated rings. The number of ether oxygens (including phenoxy) is 2. The molecule has 0 aromatic heterocycles. The predicted octanol–water partition coefficient (Wildman–Crippen LogP) is 1.91. The molecule has 1 N–H and O–H groups in total. The van der Waals surface area contributed by atoms with Gasteiger partial charge >= 0.3 is 0 Å². The Balaban J connectivity index is 1.67. The van der Waals surface area contributed by atoms with Gasteiger partial charge in [0.05, 0.1) is 13.2 Å². The summed E-state index contributed by atoms with van der Waals surface area (Å²) >= 11 is 0. The second-order valence-corrected chi connectivity index (χ2v) is 5.36. The molecular formula is C15H19NO3. The van der Waals surface area contributed by atoms with E-state index in [0.29, 0.717) is 12.0 Å². The fourth-order valence-corrected chi connectivity index (χ4v) is 3.03. The first kappa shape index (κ1) is 12.5. The number of hydrogen-bond donors (Lipinski definition) is 1. The standard InChI is InChI=1S/C15H19NO3/c1-9-7-10(18-2)3-4-11(9)15(17)16-13-8-14-12(13)5-6-19-14/h3-4,7,12-14H,5-6,8H2,1-2H3,(H,16,17)/t12-,13+,14+/m1/s1. The molecule has 1 saturated heterocycles. The van der Waals surface area contributed by atoms with Crippen LogP contribution in [0.1, 0.15) is 28.8 Å². The molecule has 1 aromatic carbocycles. The molecule has 1 saturated carbocycles. The molecule has 1 amide bonds. The summed E-state index contributed by atoms with van der Waals surface area (Å²) in [6.07, 6.45) is 2.39. The number of fused-ring (bicyclic) bond motifs is 1. The number of hydrogen-bond acceptors (Lipinski definition) is 3. The van der Waals surface area contributed by atoms with E-state index in [1.54, 1.807) is 7.11 Å². The summed E-state index contributed by atoms with van der Waals surface area (Å²) < 4.78 is 10.7. The van der Waals surface area contributed by atoms with Gasteiger partial charge in [-0.3, -0.25) is 4.79 Å². The van der Waals surface area contributed by atoms with Crippen LogP contribution in [0.2, 0.25) is 0 Å². The minimum Gasteiger partial charge on any atom is -0.497 e. The van der Waals surface area contributed by atoms with Crippen molar-refractivity contribution in [3.63, 3.8) is 0 Å². The van der Waals surface area contributed by atoms with Gasteiger partial charge in [0.15, 0.2) is 0 Å².